The molecule has 9 nitrogen and oxygen atoms in total. The zero-order valence-corrected chi connectivity index (χ0v) is 19.8. The monoisotopic (exact) mass is 463 g/mol. The van der Waals surface area contributed by atoms with Crippen LogP contribution >= 0.6 is 0 Å². The van der Waals surface area contributed by atoms with Gasteiger partial charge in [0.25, 0.3) is 0 Å². The highest BCUT2D eigenvalue weighted by Crippen LogP contribution is 2.30. The Labute approximate surface area is 199 Å². The van der Waals surface area contributed by atoms with E-state index in [0.29, 0.717) is 29.2 Å². The van der Waals surface area contributed by atoms with Crippen LogP contribution in [0, 0.1) is 17.9 Å². The molecule has 34 heavy (non-hydrogen) atoms. The maximum absolute atomic E-state index is 12.5. The SMILES string of the molecule is [C-]#[N+]c1ccc(NC(=O)Nc2ccc(CC)c([C@H](C)NC(=O)O[C@H](CC)CC#N)c2)cc1OC. The van der Waals surface area contributed by atoms with Crippen LogP contribution in [0.1, 0.15) is 50.8 Å². The van der Waals surface area contributed by atoms with Crippen molar-refractivity contribution in [3.63, 3.8) is 0 Å². The van der Waals surface area contributed by atoms with Crippen molar-refractivity contribution in [2.24, 2.45) is 0 Å². The molecule has 9 heteroatoms. The van der Waals surface area contributed by atoms with E-state index in [9.17, 15) is 9.59 Å². The zero-order valence-electron chi connectivity index (χ0n) is 19.8. The van der Waals surface area contributed by atoms with E-state index in [-0.39, 0.29) is 12.5 Å². The summed E-state index contributed by atoms with van der Waals surface area (Å²) in [6, 6.07) is 11.4. The van der Waals surface area contributed by atoms with E-state index >= 15 is 0 Å². The first-order chi connectivity index (χ1) is 16.3. The van der Waals surface area contributed by atoms with Gasteiger partial charge in [-0.25, -0.2) is 14.4 Å². The fourth-order valence-electron chi connectivity index (χ4n) is 3.35. The third kappa shape index (κ3) is 7.14. The second kappa shape index (κ2) is 12.7. The molecule has 0 aliphatic heterocycles. The summed E-state index contributed by atoms with van der Waals surface area (Å²) in [5, 5.41) is 17.1. The van der Waals surface area contributed by atoms with Crippen molar-refractivity contribution in [1.29, 1.82) is 5.26 Å². The van der Waals surface area contributed by atoms with Gasteiger partial charge in [-0.05, 0) is 55.2 Å². The van der Waals surface area contributed by atoms with Crippen molar-refractivity contribution in [3.05, 3.63) is 58.9 Å². The highest BCUT2D eigenvalue weighted by atomic mass is 16.6. The maximum atomic E-state index is 12.5. The number of ether oxygens (including phenoxy) is 2. The van der Waals surface area contributed by atoms with Gasteiger partial charge in [-0.2, -0.15) is 5.26 Å². The van der Waals surface area contributed by atoms with E-state index in [1.807, 2.05) is 32.9 Å². The molecule has 0 aliphatic carbocycles. The molecule has 178 valence electrons. The largest absolute Gasteiger partial charge is 0.508 e. The molecule has 2 aromatic carbocycles. The summed E-state index contributed by atoms with van der Waals surface area (Å²) in [4.78, 5) is 28.2. The number of carbonyl (C=O) groups excluding carboxylic acids is 2. The van der Waals surface area contributed by atoms with E-state index in [0.717, 1.165) is 17.5 Å². The molecule has 0 aliphatic rings. The Morgan fingerprint density at radius 1 is 1.15 bits per heavy atom. The Morgan fingerprint density at radius 2 is 1.82 bits per heavy atom. The summed E-state index contributed by atoms with van der Waals surface area (Å²) in [5.74, 6) is 0.370. The predicted molar refractivity (Wildman–Crippen MR) is 130 cm³/mol. The fourth-order valence-corrected chi connectivity index (χ4v) is 3.35. The van der Waals surface area contributed by atoms with Gasteiger partial charge in [0.05, 0.1) is 32.2 Å². The number of nitriles is 1. The molecule has 0 heterocycles. The summed E-state index contributed by atoms with van der Waals surface area (Å²) < 4.78 is 10.5. The molecule has 0 aromatic heterocycles. The maximum Gasteiger partial charge on any atom is 0.407 e. The van der Waals surface area contributed by atoms with Gasteiger partial charge < -0.3 is 25.4 Å². The van der Waals surface area contributed by atoms with Crippen molar-refractivity contribution < 1.29 is 19.1 Å². The lowest BCUT2D eigenvalue weighted by Crippen LogP contribution is -2.31. The second-order valence-corrected chi connectivity index (χ2v) is 7.51. The summed E-state index contributed by atoms with van der Waals surface area (Å²) in [6.07, 6.45) is 0.379. The molecular weight excluding hydrogens is 434 g/mol. The first-order valence-corrected chi connectivity index (χ1v) is 10.9. The number of nitrogens with zero attached hydrogens (tertiary/aromatic N) is 2. The van der Waals surface area contributed by atoms with Crippen LogP contribution in [0.2, 0.25) is 0 Å². The normalized spacial score (nSPS) is 11.8. The number of urea groups is 1. The third-order valence-electron chi connectivity index (χ3n) is 5.19. The number of carbonyl (C=O) groups is 2. The Kier molecular flexibility index (Phi) is 9.72. The molecular formula is C25H29N5O4. The molecule has 3 N–H and O–H groups in total. The van der Waals surface area contributed by atoms with Gasteiger partial charge in [-0.15, -0.1) is 0 Å². The molecule has 2 aromatic rings. The lowest BCUT2D eigenvalue weighted by atomic mass is 9.99. The van der Waals surface area contributed by atoms with Gasteiger partial charge in [0.2, 0.25) is 5.69 Å². The van der Waals surface area contributed by atoms with Crippen LogP contribution in [-0.2, 0) is 11.2 Å². The number of hydrogen-bond acceptors (Lipinski definition) is 5. The van der Waals surface area contributed by atoms with Crippen molar-refractivity contribution >= 4 is 29.2 Å². The number of rotatable bonds is 9. The molecule has 2 rings (SSSR count). The Hall–Kier alpha value is -4.24. The van der Waals surface area contributed by atoms with E-state index in [4.69, 9.17) is 21.3 Å². The molecule has 0 fully saturated rings. The van der Waals surface area contributed by atoms with Crippen LogP contribution in [0.5, 0.6) is 5.75 Å². The first-order valence-electron chi connectivity index (χ1n) is 10.9. The fraction of sp³-hybridized carbons (Fsp3) is 0.360. The number of aryl methyl sites for hydroxylation is 1. The van der Waals surface area contributed by atoms with Gasteiger partial charge in [-0.3, -0.25) is 0 Å². The van der Waals surface area contributed by atoms with Gasteiger partial charge in [0, 0.05) is 11.4 Å². The van der Waals surface area contributed by atoms with Gasteiger partial charge in [0.1, 0.15) is 11.9 Å². The van der Waals surface area contributed by atoms with Crippen LogP contribution < -0.4 is 20.7 Å². The first kappa shape index (κ1) is 26.0. The summed E-state index contributed by atoms with van der Waals surface area (Å²) >= 11 is 0. The minimum Gasteiger partial charge on any atom is -0.508 e. The summed E-state index contributed by atoms with van der Waals surface area (Å²) in [5.41, 5.74) is 3.24. The smallest absolute Gasteiger partial charge is 0.407 e. The number of nitrogens with one attached hydrogen (secondary N) is 3. The average Bonchev–Trinajstić information content (AvgIpc) is 2.83. The molecule has 0 bridgehead atoms. The zero-order chi connectivity index (χ0) is 25.1. The number of methoxy groups -OCH3 is 1. The van der Waals surface area contributed by atoms with Gasteiger partial charge in [-0.1, -0.05) is 26.0 Å². The number of hydrogen-bond donors (Lipinski definition) is 3. The summed E-state index contributed by atoms with van der Waals surface area (Å²) in [6.45, 7) is 12.8. The number of alkyl carbamates (subject to hydrolysis) is 1. The van der Waals surface area contributed by atoms with Crippen molar-refractivity contribution in [1.82, 2.24) is 5.32 Å². The standard InChI is InChI=1S/C25H29N5O4/c1-6-17-8-9-18(14-21(17)16(3)28-25(32)34-20(7-2)12-13-26)29-24(31)30-19-10-11-22(27-4)23(15-19)33-5/h8-11,14-16,20H,6-7,12H2,1-3,5H3,(H,28,32)(H2,29,30,31)/t16-,20+/m0/s1. The minimum atomic E-state index is -0.593. The van der Waals surface area contributed by atoms with E-state index in [2.05, 4.69) is 20.8 Å². The van der Waals surface area contributed by atoms with Gasteiger partial charge in [0.15, 0.2) is 0 Å². The lowest BCUT2D eigenvalue weighted by molar-refractivity contribution is 0.0950. The third-order valence-corrected chi connectivity index (χ3v) is 5.19. The number of anilines is 2. The second-order valence-electron chi connectivity index (χ2n) is 7.51. The van der Waals surface area contributed by atoms with Crippen LogP contribution in [-0.4, -0.2) is 25.3 Å². The van der Waals surface area contributed by atoms with E-state index < -0.39 is 18.2 Å². The molecule has 0 spiro atoms. The van der Waals surface area contributed by atoms with E-state index in [1.54, 1.807) is 30.3 Å². The Bertz CT molecular complexity index is 1100. The molecule has 0 radical (unpaired) electrons. The number of benzene rings is 2. The lowest BCUT2D eigenvalue weighted by Gasteiger charge is -2.21. The van der Waals surface area contributed by atoms with Gasteiger partial charge >= 0.3 is 12.1 Å². The Balaban J connectivity index is 2.10. The molecule has 3 amide bonds. The van der Waals surface area contributed by atoms with Crippen molar-refractivity contribution in [3.8, 4) is 11.8 Å². The highest BCUT2D eigenvalue weighted by Gasteiger charge is 2.18. The number of amides is 3. The van der Waals surface area contributed by atoms with Crippen molar-refractivity contribution in [2.75, 3.05) is 17.7 Å². The molecule has 0 saturated heterocycles. The highest BCUT2D eigenvalue weighted by molar-refractivity contribution is 6.00. The van der Waals surface area contributed by atoms with Crippen LogP contribution in [0.3, 0.4) is 0 Å². The van der Waals surface area contributed by atoms with Crippen LogP contribution in [0.15, 0.2) is 36.4 Å². The molecule has 0 unspecified atom stereocenters. The molecule has 0 saturated carbocycles. The quantitative estimate of drug-likeness (QED) is 0.398. The molecule has 2 atom stereocenters. The topological polar surface area (TPSA) is 117 Å². The summed E-state index contributed by atoms with van der Waals surface area (Å²) in [7, 11) is 1.46. The van der Waals surface area contributed by atoms with E-state index in [1.165, 1.54) is 7.11 Å². The van der Waals surface area contributed by atoms with Crippen molar-refractivity contribution in [2.45, 2.75) is 52.2 Å². The minimum absolute atomic E-state index is 0.138. The Morgan fingerprint density at radius 3 is 2.41 bits per heavy atom. The van der Waals surface area contributed by atoms with Crippen LogP contribution in [0.25, 0.3) is 4.85 Å². The van der Waals surface area contributed by atoms with Crippen LogP contribution in [0.4, 0.5) is 26.7 Å². The average molecular weight is 464 g/mol. The predicted octanol–water partition coefficient (Wildman–Crippen LogP) is 5.93.